The summed E-state index contributed by atoms with van der Waals surface area (Å²) in [7, 11) is 0. The Kier molecular flexibility index (Phi) is 3.71. The molecule has 0 aliphatic carbocycles. The number of benzene rings is 1. The second kappa shape index (κ2) is 5.28. The van der Waals surface area contributed by atoms with Crippen LogP contribution in [0.25, 0.3) is 0 Å². The third kappa shape index (κ3) is 3.03. The monoisotopic (exact) mass is 276 g/mol. The van der Waals surface area contributed by atoms with Gasteiger partial charge in [-0.05, 0) is 31.5 Å². The van der Waals surface area contributed by atoms with E-state index < -0.39 is 5.97 Å². The predicted molar refractivity (Wildman–Crippen MR) is 75.4 cm³/mol. The van der Waals surface area contributed by atoms with Crippen molar-refractivity contribution in [3.63, 3.8) is 0 Å². The van der Waals surface area contributed by atoms with E-state index in [0.29, 0.717) is 5.82 Å². The minimum atomic E-state index is -1.07. The van der Waals surface area contributed by atoms with Crippen molar-refractivity contribution in [3.8, 4) is 0 Å². The number of halogens is 1. The van der Waals surface area contributed by atoms with Crippen LogP contribution in [-0.4, -0.2) is 16.1 Å². The van der Waals surface area contributed by atoms with Gasteiger partial charge in [0.15, 0.2) is 0 Å². The first-order chi connectivity index (χ1) is 8.97. The van der Waals surface area contributed by atoms with E-state index in [2.05, 4.69) is 10.3 Å². The molecule has 1 aromatic carbocycles. The van der Waals surface area contributed by atoms with Crippen LogP contribution >= 0.6 is 11.6 Å². The van der Waals surface area contributed by atoms with E-state index in [1.807, 2.05) is 32.0 Å². The number of aromatic carboxylic acids is 1. The molecule has 2 N–H and O–H groups in total. The van der Waals surface area contributed by atoms with E-state index in [-0.39, 0.29) is 10.6 Å². The van der Waals surface area contributed by atoms with E-state index in [4.69, 9.17) is 16.7 Å². The highest BCUT2D eigenvalue weighted by Gasteiger charge is 2.10. The summed E-state index contributed by atoms with van der Waals surface area (Å²) in [6.07, 6.45) is 1.33. The van der Waals surface area contributed by atoms with E-state index >= 15 is 0 Å². The second-order valence-electron chi connectivity index (χ2n) is 4.30. The van der Waals surface area contributed by atoms with Crippen molar-refractivity contribution in [2.45, 2.75) is 13.8 Å². The molecule has 0 saturated carbocycles. The molecule has 4 nitrogen and oxygen atoms in total. The summed E-state index contributed by atoms with van der Waals surface area (Å²) in [6.45, 7) is 3.99. The summed E-state index contributed by atoms with van der Waals surface area (Å²) in [5, 5.41) is 12.2. The zero-order valence-electron chi connectivity index (χ0n) is 10.6. The van der Waals surface area contributed by atoms with Crippen LogP contribution in [0.3, 0.4) is 0 Å². The molecule has 0 radical (unpaired) electrons. The number of pyridine rings is 1. The average Bonchev–Trinajstić information content (AvgIpc) is 2.34. The molecule has 0 atom stereocenters. The number of hydrogen-bond acceptors (Lipinski definition) is 3. The lowest BCUT2D eigenvalue weighted by molar-refractivity contribution is 0.0697. The van der Waals surface area contributed by atoms with Crippen LogP contribution in [-0.2, 0) is 0 Å². The second-order valence-corrected chi connectivity index (χ2v) is 4.71. The number of rotatable bonds is 3. The number of hydrogen-bond donors (Lipinski definition) is 2. The number of nitrogens with one attached hydrogen (secondary N) is 1. The van der Waals surface area contributed by atoms with Gasteiger partial charge in [-0.3, -0.25) is 0 Å². The fourth-order valence-electron chi connectivity index (χ4n) is 1.76. The number of anilines is 2. The van der Waals surface area contributed by atoms with Gasteiger partial charge in [0.05, 0.1) is 10.6 Å². The Bertz CT molecular complexity index is 641. The minimum absolute atomic E-state index is 0.0314. The van der Waals surface area contributed by atoms with Crippen LogP contribution < -0.4 is 5.32 Å². The van der Waals surface area contributed by atoms with Gasteiger partial charge in [0.2, 0.25) is 0 Å². The summed E-state index contributed by atoms with van der Waals surface area (Å²) in [6, 6.07) is 7.37. The molecule has 1 heterocycles. The molecule has 2 aromatic rings. The van der Waals surface area contributed by atoms with Gasteiger partial charge in [0, 0.05) is 11.9 Å². The molecular weight excluding hydrogens is 264 g/mol. The quantitative estimate of drug-likeness (QED) is 0.895. The molecule has 0 aliphatic rings. The summed E-state index contributed by atoms with van der Waals surface area (Å²) >= 11 is 5.78. The number of nitrogens with zero attached hydrogens (tertiary/aromatic N) is 1. The highest BCUT2D eigenvalue weighted by atomic mass is 35.5. The van der Waals surface area contributed by atoms with Crippen molar-refractivity contribution >= 4 is 29.1 Å². The maximum atomic E-state index is 11.0. The molecule has 0 spiro atoms. The van der Waals surface area contributed by atoms with Crippen LogP contribution in [0.4, 0.5) is 11.5 Å². The minimum Gasteiger partial charge on any atom is -0.478 e. The van der Waals surface area contributed by atoms with Gasteiger partial charge in [-0.15, -0.1) is 0 Å². The molecule has 2 rings (SSSR count). The smallest absolute Gasteiger partial charge is 0.337 e. The third-order valence-electron chi connectivity index (χ3n) is 2.73. The Morgan fingerprint density at radius 2 is 2.05 bits per heavy atom. The first kappa shape index (κ1) is 13.4. The van der Waals surface area contributed by atoms with Crippen molar-refractivity contribution in [3.05, 3.63) is 52.2 Å². The SMILES string of the molecule is Cc1ccc(Nc2cc(C(=O)O)c(Cl)cn2)c(C)c1. The summed E-state index contributed by atoms with van der Waals surface area (Å²) in [4.78, 5) is 15.1. The fourth-order valence-corrected chi connectivity index (χ4v) is 1.95. The lowest BCUT2D eigenvalue weighted by Gasteiger charge is -2.10. The van der Waals surface area contributed by atoms with Gasteiger partial charge in [0.1, 0.15) is 5.82 Å². The van der Waals surface area contributed by atoms with Gasteiger partial charge in [-0.2, -0.15) is 0 Å². The molecule has 0 fully saturated rings. The molecular formula is C14H13ClN2O2. The van der Waals surface area contributed by atoms with E-state index in [9.17, 15) is 4.79 Å². The number of carbonyl (C=O) groups is 1. The average molecular weight is 277 g/mol. The zero-order chi connectivity index (χ0) is 14.0. The van der Waals surface area contributed by atoms with E-state index in [1.54, 1.807) is 0 Å². The van der Waals surface area contributed by atoms with Crippen LogP contribution in [0.1, 0.15) is 21.5 Å². The largest absolute Gasteiger partial charge is 0.478 e. The molecule has 19 heavy (non-hydrogen) atoms. The Morgan fingerprint density at radius 3 is 2.68 bits per heavy atom. The molecule has 0 amide bonds. The van der Waals surface area contributed by atoms with Gasteiger partial charge < -0.3 is 10.4 Å². The van der Waals surface area contributed by atoms with E-state index in [0.717, 1.165) is 11.3 Å². The van der Waals surface area contributed by atoms with Gasteiger partial charge >= 0.3 is 5.97 Å². The maximum Gasteiger partial charge on any atom is 0.337 e. The summed E-state index contributed by atoms with van der Waals surface area (Å²) < 4.78 is 0. The van der Waals surface area contributed by atoms with E-state index in [1.165, 1.54) is 17.8 Å². The Balaban J connectivity index is 2.33. The number of aromatic nitrogens is 1. The first-order valence-electron chi connectivity index (χ1n) is 5.70. The molecule has 0 bridgehead atoms. The fraction of sp³-hybridized carbons (Fsp3) is 0.143. The highest BCUT2D eigenvalue weighted by Crippen LogP contribution is 2.23. The topological polar surface area (TPSA) is 62.2 Å². The first-order valence-corrected chi connectivity index (χ1v) is 6.08. The van der Waals surface area contributed by atoms with Crippen molar-refractivity contribution in [1.82, 2.24) is 4.98 Å². The van der Waals surface area contributed by atoms with Gasteiger partial charge in [0.25, 0.3) is 0 Å². The summed E-state index contributed by atoms with van der Waals surface area (Å²) in [5.41, 5.74) is 3.15. The number of carboxylic acids is 1. The lowest BCUT2D eigenvalue weighted by Crippen LogP contribution is -2.02. The van der Waals surface area contributed by atoms with Crippen molar-refractivity contribution in [2.24, 2.45) is 0 Å². The van der Waals surface area contributed by atoms with Crippen LogP contribution in [0.5, 0.6) is 0 Å². The standard InChI is InChI=1S/C14H13ClN2O2/c1-8-3-4-12(9(2)5-8)17-13-6-10(14(18)19)11(15)7-16-13/h3-7H,1-2H3,(H,16,17)(H,18,19). The van der Waals surface area contributed by atoms with Crippen molar-refractivity contribution in [2.75, 3.05) is 5.32 Å². The molecule has 1 aromatic heterocycles. The van der Waals surface area contributed by atoms with Crippen LogP contribution in [0.15, 0.2) is 30.5 Å². The highest BCUT2D eigenvalue weighted by molar-refractivity contribution is 6.33. The van der Waals surface area contributed by atoms with Crippen molar-refractivity contribution in [1.29, 1.82) is 0 Å². The molecule has 0 saturated heterocycles. The van der Waals surface area contributed by atoms with Crippen LogP contribution in [0, 0.1) is 13.8 Å². The van der Waals surface area contributed by atoms with Crippen LogP contribution in [0.2, 0.25) is 5.02 Å². The molecule has 0 unspecified atom stereocenters. The van der Waals surface area contributed by atoms with Gasteiger partial charge in [-0.1, -0.05) is 29.3 Å². The lowest BCUT2D eigenvalue weighted by atomic mass is 10.1. The number of aryl methyl sites for hydroxylation is 2. The Labute approximate surface area is 116 Å². The number of carboxylic acid groups (broad SMARTS) is 1. The van der Waals surface area contributed by atoms with Gasteiger partial charge in [-0.25, -0.2) is 9.78 Å². The normalized spacial score (nSPS) is 10.3. The zero-order valence-corrected chi connectivity index (χ0v) is 11.3. The molecule has 0 aliphatic heterocycles. The maximum absolute atomic E-state index is 11.0. The predicted octanol–water partition coefficient (Wildman–Crippen LogP) is 3.79. The molecule has 98 valence electrons. The Morgan fingerprint density at radius 1 is 1.32 bits per heavy atom. The molecule has 5 heteroatoms. The summed E-state index contributed by atoms with van der Waals surface area (Å²) in [5.74, 6) is -0.621. The van der Waals surface area contributed by atoms with Crippen molar-refractivity contribution < 1.29 is 9.90 Å². The third-order valence-corrected chi connectivity index (χ3v) is 3.03. The Hall–Kier alpha value is -2.07.